The first kappa shape index (κ1) is 12.8. The van der Waals surface area contributed by atoms with E-state index in [2.05, 4.69) is 11.1 Å². The van der Waals surface area contributed by atoms with Crippen molar-refractivity contribution in [1.29, 1.82) is 5.26 Å². The highest BCUT2D eigenvalue weighted by atomic mass is 19.1. The first-order chi connectivity index (χ1) is 9.15. The van der Waals surface area contributed by atoms with E-state index in [9.17, 15) is 4.39 Å². The van der Waals surface area contributed by atoms with Gasteiger partial charge in [-0.05, 0) is 37.3 Å². The lowest BCUT2D eigenvalue weighted by Crippen LogP contribution is -2.18. The Labute approximate surface area is 110 Å². The summed E-state index contributed by atoms with van der Waals surface area (Å²) in [7, 11) is 0. The molecule has 0 saturated carbocycles. The number of hydrogen-bond acceptors (Lipinski definition) is 4. The number of nitriles is 1. The summed E-state index contributed by atoms with van der Waals surface area (Å²) in [5, 5.41) is 9.15. The van der Waals surface area contributed by atoms with Crippen LogP contribution in [0.1, 0.15) is 12.5 Å². The predicted molar refractivity (Wildman–Crippen MR) is 72.4 cm³/mol. The van der Waals surface area contributed by atoms with E-state index in [-0.39, 0.29) is 5.82 Å². The highest BCUT2D eigenvalue weighted by Gasteiger charge is 2.13. The van der Waals surface area contributed by atoms with Crippen LogP contribution in [0.2, 0.25) is 0 Å². The van der Waals surface area contributed by atoms with E-state index in [1.54, 1.807) is 18.2 Å². The summed E-state index contributed by atoms with van der Waals surface area (Å²) in [4.78, 5) is 6.03. The number of halogens is 1. The van der Waals surface area contributed by atoms with Crippen molar-refractivity contribution in [2.45, 2.75) is 6.92 Å². The van der Waals surface area contributed by atoms with Crippen LogP contribution < -0.4 is 10.6 Å². The van der Waals surface area contributed by atoms with Crippen molar-refractivity contribution in [2.24, 2.45) is 0 Å². The molecule has 0 atom stereocenters. The van der Waals surface area contributed by atoms with Gasteiger partial charge in [0.2, 0.25) is 0 Å². The Kier molecular flexibility index (Phi) is 3.62. The molecule has 4 nitrogen and oxygen atoms in total. The van der Waals surface area contributed by atoms with Crippen molar-refractivity contribution in [3.05, 3.63) is 47.9 Å². The molecule has 0 amide bonds. The largest absolute Gasteiger partial charge is 0.397 e. The van der Waals surface area contributed by atoms with E-state index in [0.717, 1.165) is 5.69 Å². The summed E-state index contributed by atoms with van der Waals surface area (Å²) >= 11 is 0. The third kappa shape index (κ3) is 2.63. The molecule has 2 aromatic rings. The number of nitrogens with two attached hydrogens (primary N) is 1. The van der Waals surface area contributed by atoms with Crippen LogP contribution in [0.3, 0.4) is 0 Å². The van der Waals surface area contributed by atoms with Crippen molar-refractivity contribution in [2.75, 3.05) is 17.2 Å². The molecule has 0 aliphatic heterocycles. The molecule has 0 unspecified atom stereocenters. The Hall–Kier alpha value is -2.61. The molecule has 0 saturated heterocycles. The molecule has 1 aromatic heterocycles. The molecule has 0 aliphatic carbocycles. The van der Waals surface area contributed by atoms with Gasteiger partial charge >= 0.3 is 0 Å². The summed E-state index contributed by atoms with van der Waals surface area (Å²) in [6.07, 6.45) is 1.50. The van der Waals surface area contributed by atoms with E-state index in [1.165, 1.54) is 18.3 Å². The van der Waals surface area contributed by atoms with E-state index in [1.807, 2.05) is 11.8 Å². The molecule has 96 valence electrons. The summed E-state index contributed by atoms with van der Waals surface area (Å²) in [5.41, 5.74) is 7.23. The van der Waals surface area contributed by atoms with E-state index in [4.69, 9.17) is 11.0 Å². The van der Waals surface area contributed by atoms with Crippen molar-refractivity contribution in [3.63, 3.8) is 0 Å². The SMILES string of the molecule is CCN(c1ccc(F)cc1)c1ncc(N)cc1C#N. The van der Waals surface area contributed by atoms with Gasteiger partial charge in [-0.3, -0.25) is 0 Å². The van der Waals surface area contributed by atoms with Gasteiger partial charge in [-0.25, -0.2) is 9.37 Å². The number of anilines is 3. The monoisotopic (exact) mass is 256 g/mol. The second kappa shape index (κ2) is 5.36. The second-order valence-electron chi connectivity index (χ2n) is 3.97. The standard InChI is InChI=1S/C14H13FN4/c1-2-19(13-5-3-11(15)4-6-13)14-10(8-16)7-12(17)9-18-14/h3-7,9H,2,17H2,1H3. The van der Waals surface area contributed by atoms with E-state index in [0.29, 0.717) is 23.6 Å². The number of pyridine rings is 1. The lowest BCUT2D eigenvalue weighted by Gasteiger charge is -2.23. The zero-order chi connectivity index (χ0) is 13.8. The minimum Gasteiger partial charge on any atom is -0.397 e. The molecule has 0 spiro atoms. The highest BCUT2D eigenvalue weighted by Crippen LogP contribution is 2.27. The van der Waals surface area contributed by atoms with Crippen LogP contribution in [0.15, 0.2) is 36.5 Å². The zero-order valence-electron chi connectivity index (χ0n) is 10.5. The Morgan fingerprint density at radius 2 is 2.05 bits per heavy atom. The molecular weight excluding hydrogens is 243 g/mol. The normalized spacial score (nSPS) is 9.95. The smallest absolute Gasteiger partial charge is 0.151 e. The van der Waals surface area contributed by atoms with Crippen LogP contribution in [0.25, 0.3) is 0 Å². The van der Waals surface area contributed by atoms with Crippen LogP contribution in [0.5, 0.6) is 0 Å². The highest BCUT2D eigenvalue weighted by molar-refractivity contribution is 5.67. The Morgan fingerprint density at radius 3 is 2.63 bits per heavy atom. The fraction of sp³-hybridized carbons (Fsp3) is 0.143. The number of rotatable bonds is 3. The van der Waals surface area contributed by atoms with Crippen LogP contribution in [-0.2, 0) is 0 Å². The molecule has 0 radical (unpaired) electrons. The third-order valence-corrected chi connectivity index (χ3v) is 2.72. The lowest BCUT2D eigenvalue weighted by molar-refractivity contribution is 0.628. The minimum absolute atomic E-state index is 0.300. The van der Waals surface area contributed by atoms with Crippen molar-refractivity contribution < 1.29 is 4.39 Å². The first-order valence-electron chi connectivity index (χ1n) is 5.84. The Bertz CT molecular complexity index is 616. The van der Waals surface area contributed by atoms with Crippen LogP contribution in [-0.4, -0.2) is 11.5 Å². The number of benzene rings is 1. The molecule has 1 heterocycles. The van der Waals surface area contributed by atoms with Gasteiger partial charge in [0.05, 0.1) is 17.4 Å². The molecule has 19 heavy (non-hydrogen) atoms. The first-order valence-corrected chi connectivity index (χ1v) is 5.84. The maximum Gasteiger partial charge on any atom is 0.151 e. The van der Waals surface area contributed by atoms with Gasteiger partial charge in [0.25, 0.3) is 0 Å². The molecule has 2 rings (SSSR count). The van der Waals surface area contributed by atoms with Crippen molar-refractivity contribution >= 4 is 17.2 Å². The minimum atomic E-state index is -0.300. The molecule has 1 aromatic carbocycles. The van der Waals surface area contributed by atoms with Crippen molar-refractivity contribution in [3.8, 4) is 6.07 Å². The topological polar surface area (TPSA) is 65.9 Å². The van der Waals surface area contributed by atoms with E-state index >= 15 is 0 Å². The zero-order valence-corrected chi connectivity index (χ0v) is 10.5. The number of aromatic nitrogens is 1. The third-order valence-electron chi connectivity index (χ3n) is 2.72. The second-order valence-corrected chi connectivity index (χ2v) is 3.97. The molecule has 0 fully saturated rings. The number of nitrogens with zero attached hydrogens (tertiary/aromatic N) is 3. The predicted octanol–water partition coefficient (Wildman–Crippen LogP) is 2.83. The van der Waals surface area contributed by atoms with Crippen LogP contribution >= 0.6 is 0 Å². The van der Waals surface area contributed by atoms with Crippen molar-refractivity contribution in [1.82, 2.24) is 4.98 Å². The van der Waals surface area contributed by atoms with Gasteiger partial charge in [0.15, 0.2) is 5.82 Å². The quantitative estimate of drug-likeness (QED) is 0.917. The molecule has 5 heteroatoms. The van der Waals surface area contributed by atoms with Crippen LogP contribution in [0.4, 0.5) is 21.6 Å². The maximum atomic E-state index is 13.0. The molecule has 2 N–H and O–H groups in total. The van der Waals surface area contributed by atoms with Crippen LogP contribution in [0, 0.1) is 17.1 Å². The Morgan fingerprint density at radius 1 is 1.37 bits per heavy atom. The number of hydrogen-bond donors (Lipinski definition) is 1. The average molecular weight is 256 g/mol. The number of nitrogen functional groups attached to an aromatic ring is 1. The van der Waals surface area contributed by atoms with Gasteiger partial charge in [-0.2, -0.15) is 5.26 Å². The molecular formula is C14H13FN4. The van der Waals surface area contributed by atoms with Gasteiger partial charge in [0, 0.05) is 12.2 Å². The molecule has 0 bridgehead atoms. The van der Waals surface area contributed by atoms with Gasteiger partial charge in [0.1, 0.15) is 11.9 Å². The summed E-state index contributed by atoms with van der Waals surface area (Å²) < 4.78 is 13.0. The Balaban J connectivity index is 2.48. The maximum absolute atomic E-state index is 13.0. The summed E-state index contributed by atoms with van der Waals surface area (Å²) in [6.45, 7) is 2.54. The van der Waals surface area contributed by atoms with E-state index < -0.39 is 0 Å². The van der Waals surface area contributed by atoms with Gasteiger partial charge < -0.3 is 10.6 Å². The fourth-order valence-corrected chi connectivity index (χ4v) is 1.85. The fourth-order valence-electron chi connectivity index (χ4n) is 1.85. The lowest BCUT2D eigenvalue weighted by atomic mass is 10.2. The van der Waals surface area contributed by atoms with Gasteiger partial charge in [-0.15, -0.1) is 0 Å². The average Bonchev–Trinajstić information content (AvgIpc) is 2.43. The summed E-state index contributed by atoms with van der Waals surface area (Å²) in [5.74, 6) is 0.219. The summed E-state index contributed by atoms with van der Waals surface area (Å²) in [6, 6.07) is 9.71. The molecule has 0 aliphatic rings. The van der Waals surface area contributed by atoms with Gasteiger partial charge in [-0.1, -0.05) is 0 Å².